The lowest BCUT2D eigenvalue weighted by Crippen LogP contribution is -2.40. The molecule has 0 saturated heterocycles. The van der Waals surface area contributed by atoms with Crippen molar-refractivity contribution < 1.29 is 5.11 Å². The largest absolute Gasteiger partial charge is 0.388 e. The van der Waals surface area contributed by atoms with Crippen LogP contribution >= 0.6 is 0 Å². The molecule has 2 aromatic rings. The van der Waals surface area contributed by atoms with Crippen molar-refractivity contribution in [2.24, 2.45) is 13.0 Å². The van der Waals surface area contributed by atoms with Gasteiger partial charge >= 0.3 is 0 Å². The van der Waals surface area contributed by atoms with E-state index >= 15 is 0 Å². The van der Waals surface area contributed by atoms with E-state index in [4.69, 9.17) is 0 Å². The normalized spacial score (nSPS) is 26.1. The van der Waals surface area contributed by atoms with Crippen LogP contribution in [-0.2, 0) is 7.05 Å². The zero-order valence-electron chi connectivity index (χ0n) is 13.0. The van der Waals surface area contributed by atoms with Gasteiger partial charge in [0.15, 0.2) is 0 Å². The van der Waals surface area contributed by atoms with Crippen molar-refractivity contribution in [2.45, 2.75) is 44.6 Å². The number of hydrogen-bond donors (Lipinski definition) is 2. The average Bonchev–Trinajstić information content (AvgIpc) is 2.83. The quantitative estimate of drug-likeness (QED) is 0.907. The van der Waals surface area contributed by atoms with Gasteiger partial charge in [-0.15, -0.1) is 0 Å². The molecule has 1 saturated carbocycles. The van der Waals surface area contributed by atoms with E-state index in [9.17, 15) is 5.11 Å². The molecule has 1 aromatic heterocycles. The Hall–Kier alpha value is -1.55. The summed E-state index contributed by atoms with van der Waals surface area (Å²) in [6.45, 7) is 2.83. The Labute approximate surface area is 126 Å². The number of nitrogens with one attached hydrogen (secondary N) is 1. The van der Waals surface area contributed by atoms with Gasteiger partial charge < -0.3 is 15.0 Å². The van der Waals surface area contributed by atoms with Crippen LogP contribution in [0.2, 0.25) is 0 Å². The SMILES string of the molecule is CCC1CCC(O)(CNc2nc3ccccc3n2C)CC1. The molecule has 1 fully saturated rings. The number of imidazole rings is 1. The van der Waals surface area contributed by atoms with Gasteiger partial charge in [0.2, 0.25) is 5.95 Å². The molecule has 1 aliphatic carbocycles. The minimum absolute atomic E-state index is 0.580. The highest BCUT2D eigenvalue weighted by Gasteiger charge is 2.32. The summed E-state index contributed by atoms with van der Waals surface area (Å²) in [4.78, 5) is 4.60. The third-order valence-electron chi connectivity index (χ3n) is 4.98. The fraction of sp³-hybridized carbons (Fsp3) is 0.588. The molecule has 0 bridgehead atoms. The third-order valence-corrected chi connectivity index (χ3v) is 4.98. The van der Waals surface area contributed by atoms with Crippen molar-refractivity contribution in [1.29, 1.82) is 0 Å². The van der Waals surface area contributed by atoms with Crippen LogP contribution in [0.25, 0.3) is 11.0 Å². The third kappa shape index (κ3) is 2.91. The van der Waals surface area contributed by atoms with Crippen LogP contribution < -0.4 is 5.32 Å². The number of nitrogens with zero attached hydrogens (tertiary/aromatic N) is 2. The van der Waals surface area contributed by atoms with E-state index in [1.54, 1.807) is 0 Å². The van der Waals surface area contributed by atoms with Crippen LogP contribution in [0, 0.1) is 5.92 Å². The molecule has 2 N–H and O–H groups in total. The van der Waals surface area contributed by atoms with E-state index in [1.807, 2.05) is 25.2 Å². The molecule has 1 aromatic carbocycles. The van der Waals surface area contributed by atoms with Crippen LogP contribution in [-0.4, -0.2) is 26.8 Å². The summed E-state index contributed by atoms with van der Waals surface area (Å²) in [5, 5.41) is 14.1. The number of rotatable bonds is 4. The molecule has 0 atom stereocenters. The summed E-state index contributed by atoms with van der Waals surface area (Å²) in [5.41, 5.74) is 1.52. The zero-order chi connectivity index (χ0) is 14.9. The van der Waals surface area contributed by atoms with Gasteiger partial charge in [0, 0.05) is 13.6 Å². The van der Waals surface area contributed by atoms with Crippen molar-refractivity contribution in [3.63, 3.8) is 0 Å². The van der Waals surface area contributed by atoms with Gasteiger partial charge in [0.05, 0.1) is 16.6 Å². The standard InChI is InChI=1S/C17H25N3O/c1-3-13-8-10-17(21,11-9-13)12-18-16-19-14-6-4-5-7-15(14)20(16)2/h4-7,13,21H,3,8-12H2,1-2H3,(H,18,19). The van der Waals surface area contributed by atoms with Gasteiger partial charge in [-0.25, -0.2) is 4.98 Å². The van der Waals surface area contributed by atoms with E-state index < -0.39 is 5.60 Å². The van der Waals surface area contributed by atoms with Gasteiger partial charge in [-0.3, -0.25) is 0 Å². The summed E-state index contributed by atoms with van der Waals surface area (Å²) in [5.74, 6) is 1.63. The van der Waals surface area contributed by atoms with E-state index in [-0.39, 0.29) is 0 Å². The first-order valence-corrected chi connectivity index (χ1v) is 7.99. The number of anilines is 1. The number of aliphatic hydroxyl groups is 1. The summed E-state index contributed by atoms with van der Waals surface area (Å²) in [6, 6.07) is 8.10. The maximum atomic E-state index is 10.7. The predicted molar refractivity (Wildman–Crippen MR) is 86.4 cm³/mol. The molecule has 21 heavy (non-hydrogen) atoms. The van der Waals surface area contributed by atoms with E-state index in [0.717, 1.165) is 48.6 Å². The Kier molecular flexibility index (Phi) is 3.89. The number of hydrogen-bond acceptors (Lipinski definition) is 3. The van der Waals surface area contributed by atoms with Crippen molar-refractivity contribution in [3.05, 3.63) is 24.3 Å². The molecule has 3 rings (SSSR count). The lowest BCUT2D eigenvalue weighted by atomic mass is 9.78. The van der Waals surface area contributed by atoms with Gasteiger partial charge in [-0.05, 0) is 43.7 Å². The monoisotopic (exact) mass is 287 g/mol. The minimum atomic E-state index is -0.580. The van der Waals surface area contributed by atoms with E-state index in [2.05, 4.69) is 27.9 Å². The van der Waals surface area contributed by atoms with Crippen molar-refractivity contribution in [1.82, 2.24) is 9.55 Å². The Morgan fingerprint density at radius 3 is 2.71 bits per heavy atom. The minimum Gasteiger partial charge on any atom is -0.388 e. The Bertz CT molecular complexity index is 612. The maximum Gasteiger partial charge on any atom is 0.203 e. The molecule has 114 valence electrons. The van der Waals surface area contributed by atoms with Gasteiger partial charge in [0.1, 0.15) is 0 Å². The van der Waals surface area contributed by atoms with Crippen molar-refractivity contribution >= 4 is 17.0 Å². The van der Waals surface area contributed by atoms with Crippen molar-refractivity contribution in [3.8, 4) is 0 Å². The molecule has 1 aliphatic rings. The second-order valence-electron chi connectivity index (χ2n) is 6.41. The van der Waals surface area contributed by atoms with Crippen LogP contribution in [0.15, 0.2) is 24.3 Å². The summed E-state index contributed by atoms with van der Waals surface area (Å²) in [6.07, 6.45) is 5.29. The van der Waals surface area contributed by atoms with Crippen LogP contribution in [0.3, 0.4) is 0 Å². The number of benzene rings is 1. The Balaban J connectivity index is 1.68. The first-order valence-electron chi connectivity index (χ1n) is 7.99. The highest BCUT2D eigenvalue weighted by Crippen LogP contribution is 2.33. The molecule has 4 nitrogen and oxygen atoms in total. The molecule has 1 heterocycles. The summed E-state index contributed by atoms with van der Waals surface area (Å²) < 4.78 is 2.05. The number of para-hydroxylation sites is 2. The lowest BCUT2D eigenvalue weighted by molar-refractivity contribution is 0.00213. The van der Waals surface area contributed by atoms with Crippen LogP contribution in [0.4, 0.5) is 5.95 Å². The van der Waals surface area contributed by atoms with E-state index in [0.29, 0.717) is 6.54 Å². The molecule has 0 spiro atoms. The van der Waals surface area contributed by atoms with Gasteiger partial charge in [-0.2, -0.15) is 0 Å². The second kappa shape index (κ2) is 5.68. The highest BCUT2D eigenvalue weighted by atomic mass is 16.3. The molecular weight excluding hydrogens is 262 g/mol. The van der Waals surface area contributed by atoms with Gasteiger partial charge in [0.25, 0.3) is 0 Å². The number of aromatic nitrogens is 2. The van der Waals surface area contributed by atoms with Crippen molar-refractivity contribution in [2.75, 3.05) is 11.9 Å². The summed E-state index contributed by atoms with van der Waals surface area (Å²) >= 11 is 0. The zero-order valence-corrected chi connectivity index (χ0v) is 13.0. The fourth-order valence-corrected chi connectivity index (χ4v) is 3.35. The topological polar surface area (TPSA) is 50.1 Å². The van der Waals surface area contributed by atoms with Crippen LogP contribution in [0.5, 0.6) is 0 Å². The predicted octanol–water partition coefficient (Wildman–Crippen LogP) is 3.32. The smallest absolute Gasteiger partial charge is 0.203 e. The first-order chi connectivity index (χ1) is 10.1. The maximum absolute atomic E-state index is 10.7. The molecular formula is C17H25N3O. The highest BCUT2D eigenvalue weighted by molar-refractivity contribution is 5.78. The van der Waals surface area contributed by atoms with E-state index in [1.165, 1.54) is 6.42 Å². The molecule has 0 amide bonds. The fourth-order valence-electron chi connectivity index (χ4n) is 3.35. The Morgan fingerprint density at radius 2 is 2.05 bits per heavy atom. The molecule has 0 aliphatic heterocycles. The van der Waals surface area contributed by atoms with Crippen LogP contribution in [0.1, 0.15) is 39.0 Å². The van der Waals surface area contributed by atoms with Gasteiger partial charge in [-0.1, -0.05) is 25.5 Å². The molecule has 0 radical (unpaired) electrons. The summed E-state index contributed by atoms with van der Waals surface area (Å²) in [7, 11) is 2.01. The number of aryl methyl sites for hydroxylation is 1. The molecule has 0 unspecified atom stereocenters. The first kappa shape index (κ1) is 14.4. The number of fused-ring (bicyclic) bond motifs is 1. The Morgan fingerprint density at radius 1 is 1.33 bits per heavy atom. The lowest BCUT2D eigenvalue weighted by Gasteiger charge is -2.35. The second-order valence-corrected chi connectivity index (χ2v) is 6.41. The molecule has 4 heteroatoms. The average molecular weight is 287 g/mol.